The highest BCUT2D eigenvalue weighted by atomic mass is 16.1. The number of amides is 1. The van der Waals surface area contributed by atoms with Crippen LogP contribution >= 0.6 is 0 Å². The van der Waals surface area contributed by atoms with E-state index in [1.165, 1.54) is 0 Å². The van der Waals surface area contributed by atoms with Gasteiger partial charge < -0.3 is 5.32 Å². The largest absolute Gasteiger partial charge is 0.352 e. The highest BCUT2D eigenvalue weighted by molar-refractivity contribution is 6.07. The van der Waals surface area contributed by atoms with E-state index in [0.29, 0.717) is 18.0 Å². The lowest BCUT2D eigenvalue weighted by molar-refractivity contribution is 0.0950. The van der Waals surface area contributed by atoms with Crippen LogP contribution in [0.5, 0.6) is 0 Å². The minimum Gasteiger partial charge on any atom is -0.352 e. The number of aromatic nitrogens is 3. The van der Waals surface area contributed by atoms with E-state index < -0.39 is 0 Å². The lowest BCUT2D eigenvalue weighted by atomic mass is 10.0. The Kier molecular flexibility index (Phi) is 4.57. The maximum atomic E-state index is 12.8. The summed E-state index contributed by atoms with van der Waals surface area (Å²) in [4.78, 5) is 17.5. The lowest BCUT2D eigenvalue weighted by Gasteiger charge is -2.12. The number of hydrogen-bond donors (Lipinski definition) is 1. The summed E-state index contributed by atoms with van der Waals surface area (Å²) in [6.07, 6.45) is 0. The Hall–Kier alpha value is -2.69. The number of aryl methyl sites for hydroxylation is 2. The summed E-state index contributed by atoms with van der Waals surface area (Å²) < 4.78 is 1.85. The smallest absolute Gasteiger partial charge is 0.252 e. The van der Waals surface area contributed by atoms with Crippen molar-refractivity contribution < 1.29 is 4.79 Å². The van der Waals surface area contributed by atoms with E-state index >= 15 is 0 Å². The first kappa shape index (κ1) is 17.1. The average Bonchev–Trinajstić information content (AvgIpc) is 2.84. The zero-order chi connectivity index (χ0) is 18.1. The molecule has 0 aliphatic carbocycles. The Morgan fingerprint density at radius 1 is 1.24 bits per heavy atom. The molecular formula is C20H24N4O. The monoisotopic (exact) mass is 336 g/mol. The van der Waals surface area contributed by atoms with Crippen LogP contribution in [0.3, 0.4) is 0 Å². The van der Waals surface area contributed by atoms with Gasteiger partial charge in [0.1, 0.15) is 0 Å². The van der Waals surface area contributed by atoms with Crippen LogP contribution in [0.25, 0.3) is 22.2 Å². The van der Waals surface area contributed by atoms with Crippen LogP contribution in [0.2, 0.25) is 0 Å². The molecule has 2 heterocycles. The van der Waals surface area contributed by atoms with Crippen molar-refractivity contribution in [3.05, 3.63) is 47.3 Å². The van der Waals surface area contributed by atoms with Gasteiger partial charge in [-0.05, 0) is 31.9 Å². The maximum absolute atomic E-state index is 12.8. The molecule has 3 aromatic rings. The number of nitrogens with one attached hydrogen (secondary N) is 1. The molecule has 0 saturated carbocycles. The number of nitrogens with zero attached hydrogens (tertiary/aromatic N) is 3. The summed E-state index contributed by atoms with van der Waals surface area (Å²) in [5.41, 5.74) is 5.20. The van der Waals surface area contributed by atoms with Crippen molar-refractivity contribution in [1.29, 1.82) is 0 Å². The molecule has 0 radical (unpaired) electrons. The summed E-state index contributed by atoms with van der Waals surface area (Å²) in [6, 6.07) is 9.65. The highest BCUT2D eigenvalue weighted by Gasteiger charge is 2.18. The number of para-hydroxylation sites is 1. The number of pyridine rings is 1. The van der Waals surface area contributed by atoms with Gasteiger partial charge >= 0.3 is 0 Å². The number of carbonyl (C=O) groups is 1. The van der Waals surface area contributed by atoms with E-state index in [0.717, 1.165) is 33.5 Å². The maximum Gasteiger partial charge on any atom is 0.252 e. The number of fused-ring (bicyclic) bond motifs is 1. The van der Waals surface area contributed by atoms with Gasteiger partial charge in [0.05, 0.1) is 22.5 Å². The van der Waals surface area contributed by atoms with E-state index in [-0.39, 0.29) is 5.91 Å². The summed E-state index contributed by atoms with van der Waals surface area (Å²) in [6.45, 7) is 8.80. The molecule has 0 spiro atoms. The van der Waals surface area contributed by atoms with Crippen LogP contribution < -0.4 is 5.32 Å². The van der Waals surface area contributed by atoms with Crippen molar-refractivity contribution in [2.24, 2.45) is 13.0 Å². The quantitative estimate of drug-likeness (QED) is 0.791. The molecule has 5 heteroatoms. The summed E-state index contributed by atoms with van der Waals surface area (Å²) in [5, 5.41) is 8.36. The van der Waals surface area contributed by atoms with Gasteiger partial charge in [-0.3, -0.25) is 9.48 Å². The third kappa shape index (κ3) is 3.27. The molecule has 1 aromatic carbocycles. The van der Waals surface area contributed by atoms with Crippen LogP contribution in [0, 0.1) is 19.8 Å². The van der Waals surface area contributed by atoms with Crippen LogP contribution in [0.15, 0.2) is 30.3 Å². The molecule has 0 bridgehead atoms. The molecule has 0 saturated heterocycles. The Labute approximate surface area is 148 Å². The third-order valence-electron chi connectivity index (χ3n) is 4.40. The molecule has 0 fully saturated rings. The van der Waals surface area contributed by atoms with E-state index in [2.05, 4.69) is 24.3 Å². The van der Waals surface area contributed by atoms with Crippen molar-refractivity contribution in [3.8, 4) is 11.3 Å². The van der Waals surface area contributed by atoms with Crippen molar-refractivity contribution in [2.75, 3.05) is 6.54 Å². The van der Waals surface area contributed by atoms with Gasteiger partial charge in [-0.1, -0.05) is 32.0 Å². The summed E-state index contributed by atoms with van der Waals surface area (Å²) in [7, 11) is 1.92. The van der Waals surface area contributed by atoms with E-state index in [1.54, 1.807) is 0 Å². The Balaban J connectivity index is 2.17. The van der Waals surface area contributed by atoms with Gasteiger partial charge in [0, 0.05) is 30.2 Å². The molecular weight excluding hydrogens is 312 g/mol. The van der Waals surface area contributed by atoms with Gasteiger partial charge in [-0.25, -0.2) is 4.98 Å². The number of carbonyl (C=O) groups excluding carboxylic acids is 1. The Morgan fingerprint density at radius 2 is 1.96 bits per heavy atom. The van der Waals surface area contributed by atoms with E-state index in [9.17, 15) is 4.79 Å². The fraction of sp³-hybridized carbons (Fsp3) is 0.350. The van der Waals surface area contributed by atoms with Crippen LogP contribution in [0.1, 0.15) is 35.6 Å². The molecule has 25 heavy (non-hydrogen) atoms. The zero-order valence-corrected chi connectivity index (χ0v) is 15.4. The molecule has 0 atom stereocenters. The predicted octanol–water partition coefficient (Wildman–Crippen LogP) is 3.64. The normalized spacial score (nSPS) is 11.3. The van der Waals surface area contributed by atoms with Gasteiger partial charge in [-0.15, -0.1) is 0 Å². The second kappa shape index (κ2) is 6.67. The van der Waals surface area contributed by atoms with E-state index in [1.807, 2.05) is 55.9 Å². The van der Waals surface area contributed by atoms with Crippen LogP contribution in [-0.2, 0) is 7.05 Å². The summed E-state index contributed by atoms with van der Waals surface area (Å²) in [5.74, 6) is 0.340. The molecule has 3 rings (SSSR count). The molecule has 2 aromatic heterocycles. The molecule has 1 N–H and O–H groups in total. The van der Waals surface area contributed by atoms with E-state index in [4.69, 9.17) is 4.98 Å². The Bertz CT molecular complexity index is 940. The first-order chi connectivity index (χ1) is 11.9. The molecule has 0 aliphatic heterocycles. The van der Waals surface area contributed by atoms with Gasteiger partial charge in [0.25, 0.3) is 5.91 Å². The minimum atomic E-state index is -0.0623. The third-order valence-corrected chi connectivity index (χ3v) is 4.40. The molecule has 0 unspecified atom stereocenters. The average molecular weight is 336 g/mol. The van der Waals surface area contributed by atoms with Gasteiger partial charge in [-0.2, -0.15) is 5.10 Å². The molecule has 0 aliphatic rings. The number of rotatable bonds is 4. The number of benzene rings is 1. The zero-order valence-electron chi connectivity index (χ0n) is 15.4. The molecule has 1 amide bonds. The highest BCUT2D eigenvalue weighted by Crippen LogP contribution is 2.29. The van der Waals surface area contributed by atoms with Crippen molar-refractivity contribution in [2.45, 2.75) is 27.7 Å². The van der Waals surface area contributed by atoms with Gasteiger partial charge in [0.2, 0.25) is 0 Å². The topological polar surface area (TPSA) is 59.8 Å². The van der Waals surface area contributed by atoms with Crippen LogP contribution in [0.4, 0.5) is 0 Å². The SMILES string of the molecule is Cc1nn(C)c(C)c1-c1cc(C(=O)NCC(C)C)c2ccccc2n1. The molecule has 5 nitrogen and oxygen atoms in total. The fourth-order valence-corrected chi connectivity index (χ4v) is 3.03. The minimum absolute atomic E-state index is 0.0623. The summed E-state index contributed by atoms with van der Waals surface area (Å²) >= 11 is 0. The first-order valence-corrected chi connectivity index (χ1v) is 8.57. The second-order valence-corrected chi connectivity index (χ2v) is 6.85. The Morgan fingerprint density at radius 3 is 2.60 bits per heavy atom. The first-order valence-electron chi connectivity index (χ1n) is 8.57. The van der Waals surface area contributed by atoms with Gasteiger partial charge in [0.15, 0.2) is 0 Å². The lowest BCUT2D eigenvalue weighted by Crippen LogP contribution is -2.27. The standard InChI is InChI=1S/C20H24N4O/c1-12(2)11-21-20(25)16-10-18(19-13(3)23-24(5)14(19)4)22-17-9-7-6-8-15(16)17/h6-10,12H,11H2,1-5H3,(H,21,25). The van der Waals surface area contributed by atoms with Crippen molar-refractivity contribution in [1.82, 2.24) is 20.1 Å². The molecule has 130 valence electrons. The van der Waals surface area contributed by atoms with Crippen molar-refractivity contribution in [3.63, 3.8) is 0 Å². The van der Waals surface area contributed by atoms with Crippen molar-refractivity contribution >= 4 is 16.8 Å². The van der Waals surface area contributed by atoms with Crippen LogP contribution in [-0.4, -0.2) is 27.2 Å². The predicted molar refractivity (Wildman–Crippen MR) is 101 cm³/mol. The fourth-order valence-electron chi connectivity index (χ4n) is 3.03. The number of hydrogen-bond acceptors (Lipinski definition) is 3. The second-order valence-electron chi connectivity index (χ2n) is 6.85.